The first-order chi connectivity index (χ1) is 9.26. The van der Waals surface area contributed by atoms with Crippen molar-refractivity contribution in [3.63, 3.8) is 0 Å². The maximum Gasteiger partial charge on any atom is 0.258 e. The van der Waals surface area contributed by atoms with Crippen LogP contribution in [0.25, 0.3) is 0 Å². The monoisotopic (exact) mass is 274 g/mol. The maximum atomic E-state index is 12.4. The number of anilines is 1. The Morgan fingerprint density at radius 3 is 2.32 bits per heavy atom. The number of benzene rings is 1. The van der Waals surface area contributed by atoms with E-state index in [9.17, 15) is 4.79 Å². The van der Waals surface area contributed by atoms with Gasteiger partial charge in [0.05, 0.1) is 0 Å². The van der Waals surface area contributed by atoms with Crippen molar-refractivity contribution in [2.45, 2.75) is 12.8 Å². The van der Waals surface area contributed by atoms with Crippen molar-refractivity contribution in [2.75, 3.05) is 11.4 Å². The number of alkyl halides is 1. The quantitative estimate of drug-likeness (QED) is 0.800. The number of hydrogen-bond acceptors (Lipinski definition) is 2. The van der Waals surface area contributed by atoms with Crippen molar-refractivity contribution >= 4 is 23.2 Å². The van der Waals surface area contributed by atoms with Gasteiger partial charge < -0.3 is 4.90 Å². The molecule has 0 fully saturated rings. The summed E-state index contributed by atoms with van der Waals surface area (Å²) in [6.07, 6.45) is 3.36. The summed E-state index contributed by atoms with van der Waals surface area (Å²) in [4.78, 5) is 18.1. The van der Waals surface area contributed by atoms with Gasteiger partial charge in [0.2, 0.25) is 0 Å². The zero-order valence-electron chi connectivity index (χ0n) is 10.7. The zero-order chi connectivity index (χ0) is 13.7. The third-order valence-electron chi connectivity index (χ3n) is 2.89. The van der Waals surface area contributed by atoms with Gasteiger partial charge in [-0.1, -0.05) is 12.1 Å². The first-order valence-electron chi connectivity index (χ1n) is 6.13. The van der Waals surface area contributed by atoms with E-state index in [1.54, 1.807) is 17.3 Å². The van der Waals surface area contributed by atoms with Crippen LogP contribution in [0.4, 0.5) is 5.69 Å². The van der Waals surface area contributed by atoms with Gasteiger partial charge in [-0.15, -0.1) is 11.6 Å². The Bertz CT molecular complexity index is 540. The van der Waals surface area contributed by atoms with Gasteiger partial charge in [-0.05, 0) is 36.8 Å². The molecule has 1 heterocycles. The van der Waals surface area contributed by atoms with Crippen molar-refractivity contribution < 1.29 is 4.79 Å². The van der Waals surface area contributed by atoms with E-state index in [0.29, 0.717) is 18.0 Å². The van der Waals surface area contributed by atoms with Crippen LogP contribution in [0.3, 0.4) is 0 Å². The second-order valence-corrected chi connectivity index (χ2v) is 4.35. The highest BCUT2D eigenvalue weighted by molar-refractivity contribution is 6.17. The second kappa shape index (κ2) is 6.34. The molecule has 4 heteroatoms. The van der Waals surface area contributed by atoms with E-state index in [-0.39, 0.29) is 5.91 Å². The van der Waals surface area contributed by atoms with Crippen molar-refractivity contribution in [1.29, 1.82) is 0 Å². The minimum atomic E-state index is -0.0187. The Balaban J connectivity index is 2.25. The van der Waals surface area contributed by atoms with Gasteiger partial charge in [0.25, 0.3) is 5.91 Å². The molecule has 1 aromatic carbocycles. The summed E-state index contributed by atoms with van der Waals surface area (Å²) in [7, 11) is 0. The Morgan fingerprint density at radius 1 is 1.16 bits per heavy atom. The molecular weight excluding hydrogens is 260 g/mol. The predicted molar refractivity (Wildman–Crippen MR) is 77.6 cm³/mol. The number of rotatable bonds is 4. The summed E-state index contributed by atoms with van der Waals surface area (Å²) in [5.41, 5.74) is 2.52. The molecule has 1 aromatic heterocycles. The molecule has 19 heavy (non-hydrogen) atoms. The van der Waals surface area contributed by atoms with Gasteiger partial charge in [-0.2, -0.15) is 0 Å². The van der Waals surface area contributed by atoms with Gasteiger partial charge in [0, 0.05) is 36.1 Å². The Labute approximate surface area is 117 Å². The van der Waals surface area contributed by atoms with E-state index < -0.39 is 0 Å². The minimum Gasteiger partial charge on any atom is -0.309 e. The molecule has 0 aliphatic heterocycles. The lowest BCUT2D eigenvalue weighted by molar-refractivity contribution is 0.0988. The van der Waals surface area contributed by atoms with Crippen LogP contribution < -0.4 is 4.90 Å². The van der Waals surface area contributed by atoms with E-state index in [2.05, 4.69) is 4.98 Å². The highest BCUT2D eigenvalue weighted by atomic mass is 35.5. The van der Waals surface area contributed by atoms with Crippen molar-refractivity contribution in [2.24, 2.45) is 0 Å². The fraction of sp³-hybridized carbons (Fsp3) is 0.200. The Kier molecular flexibility index (Phi) is 4.53. The molecule has 3 nitrogen and oxygen atoms in total. The first-order valence-corrected chi connectivity index (χ1v) is 6.66. The summed E-state index contributed by atoms with van der Waals surface area (Å²) in [5.74, 6) is 0.436. The van der Waals surface area contributed by atoms with Gasteiger partial charge in [0.1, 0.15) is 0 Å². The SMILES string of the molecule is CCN(C(=O)c1ccc(CCl)cc1)c1ccncc1. The normalized spacial score (nSPS) is 10.2. The van der Waals surface area contributed by atoms with E-state index in [0.717, 1.165) is 11.3 Å². The summed E-state index contributed by atoms with van der Waals surface area (Å²) in [6.45, 7) is 2.56. The molecule has 0 saturated heterocycles. The third-order valence-corrected chi connectivity index (χ3v) is 3.20. The highest BCUT2D eigenvalue weighted by Gasteiger charge is 2.15. The second-order valence-electron chi connectivity index (χ2n) is 4.09. The summed E-state index contributed by atoms with van der Waals surface area (Å²) >= 11 is 5.74. The fourth-order valence-electron chi connectivity index (χ4n) is 1.86. The smallest absolute Gasteiger partial charge is 0.258 e. The number of hydrogen-bond donors (Lipinski definition) is 0. The Morgan fingerprint density at radius 2 is 1.79 bits per heavy atom. The molecule has 0 aliphatic rings. The average molecular weight is 275 g/mol. The van der Waals surface area contributed by atoms with Crippen molar-refractivity contribution in [3.05, 3.63) is 59.9 Å². The van der Waals surface area contributed by atoms with Gasteiger partial charge >= 0.3 is 0 Å². The lowest BCUT2D eigenvalue weighted by Crippen LogP contribution is -2.30. The van der Waals surface area contributed by atoms with Crippen LogP contribution >= 0.6 is 11.6 Å². The average Bonchev–Trinajstić information content (AvgIpc) is 2.49. The number of carbonyl (C=O) groups excluding carboxylic acids is 1. The number of carbonyl (C=O) groups is 1. The van der Waals surface area contributed by atoms with E-state index in [4.69, 9.17) is 11.6 Å². The van der Waals surface area contributed by atoms with Gasteiger partial charge in [-0.3, -0.25) is 9.78 Å². The van der Waals surface area contributed by atoms with Crippen molar-refractivity contribution in [3.8, 4) is 0 Å². The van der Waals surface area contributed by atoms with Crippen LogP contribution in [-0.2, 0) is 5.88 Å². The summed E-state index contributed by atoms with van der Waals surface area (Å²) in [5, 5.41) is 0. The molecule has 0 bridgehead atoms. The van der Waals surface area contributed by atoms with Crippen LogP contribution in [-0.4, -0.2) is 17.4 Å². The minimum absolute atomic E-state index is 0.0187. The number of nitrogens with zero attached hydrogens (tertiary/aromatic N) is 2. The molecule has 2 aromatic rings. The first kappa shape index (κ1) is 13.6. The Hall–Kier alpha value is -1.87. The van der Waals surface area contributed by atoms with Crippen LogP contribution in [0.5, 0.6) is 0 Å². The van der Waals surface area contributed by atoms with E-state index in [1.165, 1.54) is 0 Å². The topological polar surface area (TPSA) is 33.2 Å². The summed E-state index contributed by atoms with van der Waals surface area (Å²) < 4.78 is 0. The largest absolute Gasteiger partial charge is 0.309 e. The predicted octanol–water partition coefficient (Wildman–Crippen LogP) is 3.49. The number of amides is 1. The van der Waals surface area contributed by atoms with Crippen LogP contribution in [0.1, 0.15) is 22.8 Å². The van der Waals surface area contributed by atoms with Gasteiger partial charge in [0.15, 0.2) is 0 Å². The standard InChI is InChI=1S/C15H15ClN2O/c1-2-18(14-7-9-17-10-8-14)15(19)13-5-3-12(11-16)4-6-13/h3-10H,2,11H2,1H3. The molecule has 0 N–H and O–H groups in total. The van der Waals surface area contributed by atoms with Gasteiger partial charge in [-0.25, -0.2) is 0 Å². The zero-order valence-corrected chi connectivity index (χ0v) is 11.5. The number of pyridine rings is 1. The van der Waals surface area contributed by atoms with Crippen LogP contribution in [0, 0.1) is 0 Å². The molecule has 0 aliphatic carbocycles. The van der Waals surface area contributed by atoms with E-state index in [1.807, 2.05) is 43.3 Å². The van der Waals surface area contributed by atoms with Crippen LogP contribution in [0.2, 0.25) is 0 Å². The van der Waals surface area contributed by atoms with E-state index >= 15 is 0 Å². The summed E-state index contributed by atoms with van der Waals surface area (Å²) in [6, 6.07) is 11.0. The molecule has 0 atom stereocenters. The van der Waals surface area contributed by atoms with Crippen molar-refractivity contribution in [1.82, 2.24) is 4.98 Å². The lowest BCUT2D eigenvalue weighted by Gasteiger charge is -2.20. The maximum absolute atomic E-state index is 12.4. The fourth-order valence-corrected chi connectivity index (χ4v) is 2.04. The molecule has 0 radical (unpaired) electrons. The number of halogens is 1. The number of aromatic nitrogens is 1. The molecule has 1 amide bonds. The molecule has 98 valence electrons. The molecule has 2 rings (SSSR count). The molecule has 0 spiro atoms. The lowest BCUT2D eigenvalue weighted by atomic mass is 10.1. The third kappa shape index (κ3) is 3.12. The van der Waals surface area contributed by atoms with Crippen LogP contribution in [0.15, 0.2) is 48.8 Å². The molecule has 0 saturated carbocycles. The highest BCUT2D eigenvalue weighted by Crippen LogP contribution is 2.16. The molecule has 0 unspecified atom stereocenters. The molecular formula is C15H15ClN2O.